The molecule has 1 aromatic heterocycles. The number of hydrogen-bond acceptors (Lipinski definition) is 5. The van der Waals surface area contributed by atoms with Gasteiger partial charge in [0.15, 0.2) is 5.69 Å². The van der Waals surface area contributed by atoms with Crippen molar-refractivity contribution in [1.82, 2.24) is 9.88 Å². The van der Waals surface area contributed by atoms with Crippen LogP contribution in [0.3, 0.4) is 0 Å². The molecule has 1 heterocycles. The summed E-state index contributed by atoms with van der Waals surface area (Å²) in [7, 11) is 1.30. The molecule has 0 aliphatic heterocycles. The van der Waals surface area contributed by atoms with Crippen molar-refractivity contribution >= 4 is 11.9 Å². The molecule has 1 amide bonds. The van der Waals surface area contributed by atoms with Crippen LogP contribution in [-0.2, 0) is 16.1 Å². The molecule has 0 bridgehead atoms. The molecule has 1 atom stereocenters. The molecule has 0 aromatic carbocycles. The first-order valence-electron chi connectivity index (χ1n) is 8.52. The fourth-order valence-electron chi connectivity index (χ4n) is 3.07. The summed E-state index contributed by atoms with van der Waals surface area (Å²) in [6.45, 7) is 8.99. The summed E-state index contributed by atoms with van der Waals surface area (Å²) < 4.78 is 9.94. The van der Waals surface area contributed by atoms with Crippen molar-refractivity contribution in [2.24, 2.45) is 11.3 Å². The van der Waals surface area contributed by atoms with Crippen LogP contribution in [0.25, 0.3) is 0 Å². The van der Waals surface area contributed by atoms with Gasteiger partial charge in [-0.25, -0.2) is 9.78 Å². The quantitative estimate of drug-likeness (QED) is 0.713. The number of hydrogen-bond donors (Lipinski definition) is 0. The zero-order chi connectivity index (χ0) is 17.9. The van der Waals surface area contributed by atoms with E-state index in [1.54, 1.807) is 0 Å². The first-order valence-corrected chi connectivity index (χ1v) is 8.52. The second-order valence-corrected chi connectivity index (χ2v) is 7.94. The molecule has 1 unspecified atom stereocenters. The van der Waals surface area contributed by atoms with Gasteiger partial charge in [-0.2, -0.15) is 0 Å². The Labute approximate surface area is 143 Å². The third-order valence-electron chi connectivity index (χ3n) is 4.04. The predicted octanol–water partition coefficient (Wildman–Crippen LogP) is 3.41. The van der Waals surface area contributed by atoms with Crippen LogP contribution in [0, 0.1) is 11.3 Å². The van der Waals surface area contributed by atoms with Crippen LogP contribution in [0.15, 0.2) is 10.7 Å². The fraction of sp³-hybridized carbons (Fsp3) is 0.722. The topological polar surface area (TPSA) is 72.6 Å². The Kier molecular flexibility index (Phi) is 5.67. The van der Waals surface area contributed by atoms with Gasteiger partial charge in [0.2, 0.25) is 11.8 Å². The third-order valence-corrected chi connectivity index (χ3v) is 4.04. The highest BCUT2D eigenvalue weighted by Crippen LogP contribution is 2.31. The van der Waals surface area contributed by atoms with Gasteiger partial charge in [-0.15, -0.1) is 0 Å². The third kappa shape index (κ3) is 5.35. The van der Waals surface area contributed by atoms with Crippen LogP contribution in [-0.4, -0.2) is 34.9 Å². The average molecular weight is 336 g/mol. The molecule has 0 radical (unpaired) electrons. The summed E-state index contributed by atoms with van der Waals surface area (Å²) >= 11 is 0. The Morgan fingerprint density at radius 1 is 1.42 bits per heavy atom. The van der Waals surface area contributed by atoms with E-state index in [2.05, 4.69) is 37.4 Å². The van der Waals surface area contributed by atoms with Crippen molar-refractivity contribution in [1.29, 1.82) is 0 Å². The molecule has 1 aliphatic carbocycles. The summed E-state index contributed by atoms with van der Waals surface area (Å²) in [4.78, 5) is 30.1. The highest BCUT2D eigenvalue weighted by molar-refractivity contribution is 5.86. The number of nitrogens with zero attached hydrogens (tertiary/aromatic N) is 2. The van der Waals surface area contributed by atoms with Crippen molar-refractivity contribution in [2.75, 3.05) is 7.11 Å². The van der Waals surface area contributed by atoms with E-state index >= 15 is 0 Å². The molecule has 0 N–H and O–H groups in total. The van der Waals surface area contributed by atoms with Crippen LogP contribution in [0.2, 0.25) is 0 Å². The number of carbonyl (C=O) groups excluding carboxylic acids is 2. The van der Waals surface area contributed by atoms with Gasteiger partial charge in [0.05, 0.1) is 13.7 Å². The molecule has 2 rings (SSSR count). The summed E-state index contributed by atoms with van der Waals surface area (Å²) in [5.41, 5.74) is 0.346. The number of methoxy groups -OCH3 is 1. The van der Waals surface area contributed by atoms with E-state index in [9.17, 15) is 9.59 Å². The lowest BCUT2D eigenvalue weighted by Crippen LogP contribution is -2.34. The van der Waals surface area contributed by atoms with Crippen molar-refractivity contribution in [3.05, 3.63) is 17.8 Å². The summed E-state index contributed by atoms with van der Waals surface area (Å²) in [5.74, 6) is 0.299. The lowest BCUT2D eigenvalue weighted by molar-refractivity contribution is -0.133. The Balaban J connectivity index is 1.98. The van der Waals surface area contributed by atoms with E-state index in [4.69, 9.17) is 4.42 Å². The number of oxazole rings is 1. The van der Waals surface area contributed by atoms with Crippen LogP contribution >= 0.6 is 0 Å². The van der Waals surface area contributed by atoms with Crippen LogP contribution in [0.4, 0.5) is 0 Å². The Bertz CT molecular complexity index is 584. The van der Waals surface area contributed by atoms with E-state index in [-0.39, 0.29) is 23.1 Å². The van der Waals surface area contributed by atoms with E-state index in [0.717, 1.165) is 19.3 Å². The van der Waals surface area contributed by atoms with Gasteiger partial charge in [0.1, 0.15) is 6.26 Å². The number of rotatable bonds is 7. The Hall–Kier alpha value is -1.85. The summed E-state index contributed by atoms with van der Waals surface area (Å²) in [5, 5.41) is 0. The molecule has 1 fully saturated rings. The minimum Gasteiger partial charge on any atom is -0.464 e. The molecule has 0 spiro atoms. The lowest BCUT2D eigenvalue weighted by Gasteiger charge is -2.26. The van der Waals surface area contributed by atoms with E-state index in [1.807, 2.05) is 4.90 Å². The van der Waals surface area contributed by atoms with Gasteiger partial charge >= 0.3 is 5.97 Å². The van der Waals surface area contributed by atoms with Crippen molar-refractivity contribution < 1.29 is 18.7 Å². The molecule has 1 saturated carbocycles. The number of carbonyl (C=O) groups is 2. The number of amides is 1. The Morgan fingerprint density at radius 2 is 2.08 bits per heavy atom. The monoisotopic (exact) mass is 336 g/mol. The smallest absolute Gasteiger partial charge is 0.360 e. The summed E-state index contributed by atoms with van der Waals surface area (Å²) in [6, 6.07) is 0.271. The zero-order valence-corrected chi connectivity index (χ0v) is 15.3. The summed E-state index contributed by atoms with van der Waals surface area (Å²) in [6.07, 6.45) is 4.84. The molecule has 1 aromatic rings. The first-order chi connectivity index (χ1) is 11.2. The van der Waals surface area contributed by atoms with Crippen LogP contribution < -0.4 is 0 Å². The standard InChI is InChI=1S/C18H28N2O4/c1-12(9-18(2,3)4)8-16(21)20(13-6-7-13)10-15-19-14(11-24-15)17(22)23-5/h11-13H,6-10H2,1-5H3. The minimum absolute atomic E-state index is 0.132. The van der Waals surface area contributed by atoms with Crippen molar-refractivity contribution in [3.8, 4) is 0 Å². The maximum atomic E-state index is 12.7. The van der Waals surface area contributed by atoms with Gasteiger partial charge < -0.3 is 14.1 Å². The number of ether oxygens (including phenoxy) is 1. The molecule has 6 heteroatoms. The Morgan fingerprint density at radius 3 is 2.62 bits per heavy atom. The minimum atomic E-state index is -0.534. The zero-order valence-electron chi connectivity index (χ0n) is 15.3. The molecule has 1 aliphatic rings. The first kappa shape index (κ1) is 18.5. The maximum Gasteiger partial charge on any atom is 0.360 e. The van der Waals surface area contributed by atoms with Gasteiger partial charge in [-0.3, -0.25) is 4.79 Å². The molecule has 24 heavy (non-hydrogen) atoms. The molecular weight excluding hydrogens is 308 g/mol. The van der Waals surface area contributed by atoms with Gasteiger partial charge in [0, 0.05) is 12.5 Å². The second-order valence-electron chi connectivity index (χ2n) is 7.94. The maximum absolute atomic E-state index is 12.7. The van der Waals surface area contributed by atoms with Crippen LogP contribution in [0.5, 0.6) is 0 Å². The van der Waals surface area contributed by atoms with Crippen molar-refractivity contribution in [3.63, 3.8) is 0 Å². The largest absolute Gasteiger partial charge is 0.464 e. The van der Waals surface area contributed by atoms with E-state index < -0.39 is 5.97 Å². The second kappa shape index (κ2) is 7.36. The number of esters is 1. The van der Waals surface area contributed by atoms with Gasteiger partial charge in [0.25, 0.3) is 0 Å². The predicted molar refractivity (Wildman–Crippen MR) is 89.3 cm³/mol. The highest BCUT2D eigenvalue weighted by atomic mass is 16.5. The molecule has 6 nitrogen and oxygen atoms in total. The molecular formula is C18H28N2O4. The number of aromatic nitrogens is 1. The lowest BCUT2D eigenvalue weighted by atomic mass is 9.84. The van der Waals surface area contributed by atoms with E-state index in [1.165, 1.54) is 13.4 Å². The molecule has 0 saturated heterocycles. The average Bonchev–Trinajstić information content (AvgIpc) is 3.20. The van der Waals surface area contributed by atoms with Crippen molar-refractivity contribution in [2.45, 2.75) is 66.0 Å². The SMILES string of the molecule is COC(=O)c1coc(CN(C(=O)CC(C)CC(C)(C)C)C2CC2)n1. The normalized spacial score (nSPS) is 15.9. The molecule has 134 valence electrons. The van der Waals surface area contributed by atoms with E-state index in [0.29, 0.717) is 24.8 Å². The highest BCUT2D eigenvalue weighted by Gasteiger charge is 2.34. The van der Waals surface area contributed by atoms with Gasteiger partial charge in [-0.05, 0) is 30.6 Å². The fourth-order valence-corrected chi connectivity index (χ4v) is 3.07. The van der Waals surface area contributed by atoms with Crippen LogP contribution in [0.1, 0.15) is 69.8 Å². The van der Waals surface area contributed by atoms with Gasteiger partial charge in [-0.1, -0.05) is 27.7 Å².